The number of hydrogen-bond donors (Lipinski definition) is 2. The van der Waals surface area contributed by atoms with Gasteiger partial charge in [0, 0.05) is 40.1 Å². The van der Waals surface area contributed by atoms with E-state index in [-0.39, 0.29) is 24.5 Å². The number of fused-ring (bicyclic) bond motifs is 2. The lowest BCUT2D eigenvalue weighted by Crippen LogP contribution is -2.61. The fourth-order valence-corrected chi connectivity index (χ4v) is 6.19. The van der Waals surface area contributed by atoms with Crippen LogP contribution >= 0.6 is 15.9 Å². The maximum atomic E-state index is 13.5. The summed E-state index contributed by atoms with van der Waals surface area (Å²) in [6.45, 7) is 7.40. The lowest BCUT2D eigenvalue weighted by molar-refractivity contribution is -0.348. The second-order valence-electron chi connectivity index (χ2n) is 11.8. The van der Waals surface area contributed by atoms with Crippen LogP contribution in [0.4, 0.5) is 0 Å². The number of ether oxygens (including phenoxy) is 7. The number of methoxy groups -OCH3 is 3. The van der Waals surface area contributed by atoms with Crippen molar-refractivity contribution in [2.75, 3.05) is 21.3 Å². The minimum atomic E-state index is -1.92. The Morgan fingerprint density at radius 1 is 1.02 bits per heavy atom. The van der Waals surface area contributed by atoms with Gasteiger partial charge in [0.25, 0.3) is 0 Å². The summed E-state index contributed by atoms with van der Waals surface area (Å²) in [5, 5.41) is 23.0. The Labute approximate surface area is 258 Å². The van der Waals surface area contributed by atoms with Crippen LogP contribution in [0.25, 0.3) is 0 Å². The predicted octanol–water partition coefficient (Wildman–Crippen LogP) is 4.02. The van der Waals surface area contributed by atoms with Gasteiger partial charge in [-0.15, -0.1) is 0 Å². The average molecular weight is 662 g/mol. The third kappa shape index (κ3) is 8.73. The SMILES string of the molecule is COC1C(C)OC(OC2CC3OC(O)(C2)C(C)C(=O)OC(C=CC=CBr)CC(C)CC=CC(O)C3C)C(OC)C1OC. The molecule has 0 spiro atoms. The molecule has 2 N–H and O–H groups in total. The second kappa shape index (κ2) is 16.2. The number of hydrogen-bond acceptors (Lipinski definition) is 10. The van der Waals surface area contributed by atoms with Crippen LogP contribution in [0.1, 0.15) is 53.4 Å². The van der Waals surface area contributed by atoms with Gasteiger partial charge in [0.05, 0.1) is 24.4 Å². The number of halogens is 1. The molecule has 2 fully saturated rings. The Balaban J connectivity index is 1.92. The van der Waals surface area contributed by atoms with Gasteiger partial charge >= 0.3 is 5.97 Å². The van der Waals surface area contributed by atoms with Crippen molar-refractivity contribution in [2.24, 2.45) is 17.8 Å². The summed E-state index contributed by atoms with van der Waals surface area (Å²) in [6, 6.07) is 0. The Hall–Kier alpha value is -1.15. The van der Waals surface area contributed by atoms with E-state index in [0.29, 0.717) is 19.3 Å². The van der Waals surface area contributed by atoms with Gasteiger partial charge in [-0.2, -0.15) is 0 Å². The van der Waals surface area contributed by atoms with Crippen LogP contribution in [-0.2, 0) is 38.0 Å². The van der Waals surface area contributed by atoms with E-state index in [1.165, 1.54) is 0 Å². The number of cyclic esters (lactones) is 1. The minimum Gasteiger partial charge on any atom is -0.458 e. The molecule has 0 aromatic heterocycles. The van der Waals surface area contributed by atoms with Gasteiger partial charge in [0.2, 0.25) is 0 Å². The fraction of sp³-hybridized carbons (Fsp3) is 0.774. The van der Waals surface area contributed by atoms with Gasteiger partial charge in [-0.3, -0.25) is 4.79 Å². The molecule has 13 atom stereocenters. The number of aliphatic hydroxyl groups is 2. The van der Waals surface area contributed by atoms with Crippen molar-refractivity contribution >= 4 is 21.9 Å². The summed E-state index contributed by atoms with van der Waals surface area (Å²) < 4.78 is 41.9. The first-order chi connectivity index (χ1) is 20.0. The van der Waals surface area contributed by atoms with E-state index in [2.05, 4.69) is 22.9 Å². The van der Waals surface area contributed by atoms with Gasteiger partial charge < -0.3 is 43.4 Å². The fourth-order valence-electron chi connectivity index (χ4n) is 6.02. The standard InChI is InChI=1S/C31H49BrO10/c1-18-11-10-13-24(33)19(2)25-16-23(41-30-28(38-7)27(37-6)26(36-5)21(4)39-30)17-31(35,42-25)20(3)29(34)40-22(15-18)12-8-9-14-32/h8-10,12-14,18-28,30,33,35H,11,15-17H2,1-7H3. The Bertz CT molecular complexity index is 943. The highest BCUT2D eigenvalue weighted by atomic mass is 79.9. The first-order valence-electron chi connectivity index (χ1n) is 14.8. The Morgan fingerprint density at radius 3 is 2.36 bits per heavy atom. The Morgan fingerprint density at radius 2 is 1.71 bits per heavy atom. The largest absolute Gasteiger partial charge is 0.458 e. The van der Waals surface area contributed by atoms with Crippen LogP contribution in [0.3, 0.4) is 0 Å². The second-order valence-corrected chi connectivity index (χ2v) is 12.3. The highest BCUT2D eigenvalue weighted by Crippen LogP contribution is 2.40. The monoisotopic (exact) mass is 660 g/mol. The normalized spacial score (nSPS) is 44.3. The van der Waals surface area contributed by atoms with Gasteiger partial charge in [0.1, 0.15) is 30.3 Å². The molecule has 0 aromatic rings. The number of esters is 1. The van der Waals surface area contributed by atoms with Crippen LogP contribution in [0, 0.1) is 17.8 Å². The summed E-state index contributed by atoms with van der Waals surface area (Å²) in [5.74, 6) is -3.75. The summed E-state index contributed by atoms with van der Waals surface area (Å²) >= 11 is 3.24. The molecule has 0 aromatic carbocycles. The molecule has 240 valence electrons. The Kier molecular flexibility index (Phi) is 13.7. The molecule has 3 heterocycles. The minimum absolute atomic E-state index is 0.0162. The molecule has 10 nitrogen and oxygen atoms in total. The zero-order valence-electron chi connectivity index (χ0n) is 25.8. The first-order valence-corrected chi connectivity index (χ1v) is 15.7. The molecule has 3 rings (SSSR count). The summed E-state index contributed by atoms with van der Waals surface area (Å²) in [7, 11) is 4.72. The average Bonchev–Trinajstić information content (AvgIpc) is 2.95. The highest BCUT2D eigenvalue weighted by Gasteiger charge is 2.52. The molecule has 3 aliphatic rings. The van der Waals surface area contributed by atoms with Crippen LogP contribution in [0.5, 0.6) is 0 Å². The third-order valence-corrected chi connectivity index (χ3v) is 8.99. The van der Waals surface area contributed by atoms with E-state index in [1.807, 2.05) is 26.0 Å². The smallest absolute Gasteiger partial charge is 0.314 e. The van der Waals surface area contributed by atoms with Crippen LogP contribution in [0.15, 0.2) is 35.4 Å². The van der Waals surface area contributed by atoms with Crippen molar-refractivity contribution in [3.8, 4) is 0 Å². The van der Waals surface area contributed by atoms with Crippen LogP contribution < -0.4 is 0 Å². The van der Waals surface area contributed by atoms with Crippen molar-refractivity contribution in [3.63, 3.8) is 0 Å². The van der Waals surface area contributed by atoms with Crippen molar-refractivity contribution in [1.82, 2.24) is 0 Å². The molecule has 0 saturated carbocycles. The molecular formula is C31H49BrO10. The summed E-state index contributed by atoms with van der Waals surface area (Å²) in [5.41, 5.74) is 0. The summed E-state index contributed by atoms with van der Waals surface area (Å²) in [6.07, 6.45) is 5.56. The lowest BCUT2D eigenvalue weighted by Gasteiger charge is -2.48. The number of aliphatic hydroxyl groups excluding tert-OH is 1. The van der Waals surface area contributed by atoms with Crippen molar-refractivity contribution < 1.29 is 48.2 Å². The first kappa shape index (κ1) is 35.3. The van der Waals surface area contributed by atoms with Gasteiger partial charge in [-0.25, -0.2) is 0 Å². The maximum Gasteiger partial charge on any atom is 0.314 e. The van der Waals surface area contributed by atoms with E-state index in [1.54, 1.807) is 51.5 Å². The zero-order chi connectivity index (χ0) is 31.0. The van der Waals surface area contributed by atoms with E-state index >= 15 is 0 Å². The molecule has 2 saturated heterocycles. The molecule has 0 amide bonds. The molecule has 0 radical (unpaired) electrons. The van der Waals surface area contributed by atoms with E-state index < -0.39 is 66.5 Å². The number of carbonyl (C=O) groups is 1. The van der Waals surface area contributed by atoms with Crippen molar-refractivity contribution in [2.45, 2.75) is 114 Å². The van der Waals surface area contributed by atoms with Crippen LogP contribution in [0.2, 0.25) is 0 Å². The molecule has 13 unspecified atom stereocenters. The highest BCUT2D eigenvalue weighted by molar-refractivity contribution is 9.11. The maximum absolute atomic E-state index is 13.5. The quantitative estimate of drug-likeness (QED) is 0.235. The van der Waals surface area contributed by atoms with Gasteiger partial charge in [-0.1, -0.05) is 54.1 Å². The lowest BCUT2D eigenvalue weighted by atomic mass is 9.84. The zero-order valence-corrected chi connectivity index (χ0v) is 27.3. The summed E-state index contributed by atoms with van der Waals surface area (Å²) in [4.78, 5) is 15.2. The third-order valence-electron chi connectivity index (χ3n) is 8.68. The topological polar surface area (TPSA) is 122 Å². The molecule has 42 heavy (non-hydrogen) atoms. The number of carbonyl (C=O) groups excluding carboxylic acids is 1. The van der Waals surface area contributed by atoms with Crippen molar-refractivity contribution in [3.05, 3.63) is 35.4 Å². The molecule has 11 heteroatoms. The molecule has 3 aliphatic heterocycles. The van der Waals surface area contributed by atoms with Gasteiger partial charge in [-0.05, 0) is 43.7 Å². The number of allylic oxidation sites excluding steroid dienone is 3. The molecule has 2 bridgehead atoms. The van der Waals surface area contributed by atoms with Crippen molar-refractivity contribution in [1.29, 1.82) is 0 Å². The van der Waals surface area contributed by atoms with E-state index in [4.69, 9.17) is 33.2 Å². The number of rotatable bonds is 7. The molecular weight excluding hydrogens is 612 g/mol. The van der Waals surface area contributed by atoms with Crippen LogP contribution in [-0.4, -0.2) is 98.4 Å². The van der Waals surface area contributed by atoms with Gasteiger partial charge in [0.15, 0.2) is 12.1 Å². The molecule has 0 aliphatic carbocycles. The van der Waals surface area contributed by atoms with E-state index in [0.717, 1.165) is 0 Å². The van der Waals surface area contributed by atoms with E-state index in [9.17, 15) is 15.0 Å². The predicted molar refractivity (Wildman–Crippen MR) is 160 cm³/mol.